The number of carbonyl (C=O) groups excluding carboxylic acids is 6. The Balaban J connectivity index is 1.13. The van der Waals surface area contributed by atoms with Crippen molar-refractivity contribution in [2.75, 3.05) is 26.2 Å². The molecule has 0 spiro atoms. The number of nitrogens with one attached hydrogen (secondary N) is 6. The highest BCUT2D eigenvalue weighted by atomic mass is 16.6. The van der Waals surface area contributed by atoms with E-state index in [0.29, 0.717) is 116 Å². The van der Waals surface area contributed by atoms with Crippen LogP contribution in [0.2, 0.25) is 0 Å². The smallest absolute Gasteiger partial charge is 0.395 e. The summed E-state index contributed by atoms with van der Waals surface area (Å²) < 4.78 is 4.85. The summed E-state index contributed by atoms with van der Waals surface area (Å²) in [7, 11) is 0. The van der Waals surface area contributed by atoms with Crippen LogP contribution in [-0.4, -0.2) is 89.7 Å². The molecule has 0 radical (unpaired) electrons. The molecule has 0 aliphatic heterocycles. The number of rotatable bonds is 31. The molecule has 0 bridgehead atoms. The summed E-state index contributed by atoms with van der Waals surface area (Å²) in [5.74, 6) is -2.71. The van der Waals surface area contributed by atoms with E-state index in [1.807, 2.05) is 24.4 Å². The summed E-state index contributed by atoms with van der Waals surface area (Å²) in [6.07, 6.45) is 11.0. The summed E-state index contributed by atoms with van der Waals surface area (Å²) in [5, 5.41) is 25.6. The number of hydrogen-bond donors (Lipinski definition) is 9. The number of amides is 6. The third-order valence-corrected chi connectivity index (χ3v) is 9.97. The molecule has 60 heavy (non-hydrogen) atoms. The minimum atomic E-state index is -0.871. The number of nitrogens with two attached hydrogens (primary N) is 3. The fourth-order valence-corrected chi connectivity index (χ4v) is 6.46. The zero-order chi connectivity index (χ0) is 43.7. The molecule has 19 nitrogen and oxygen atoms in total. The molecule has 3 atom stereocenters. The fraction of sp³-hybridized carbons (Fsp3) is 0.561. The van der Waals surface area contributed by atoms with Crippen molar-refractivity contribution >= 4 is 52.2 Å². The molecule has 3 rings (SSSR count). The second-order valence-electron chi connectivity index (χ2n) is 14.8. The van der Waals surface area contributed by atoms with Crippen LogP contribution in [0.4, 0.5) is 5.88 Å². The van der Waals surface area contributed by atoms with Crippen LogP contribution in [0.5, 0.6) is 0 Å². The maximum absolute atomic E-state index is 12.7. The van der Waals surface area contributed by atoms with Gasteiger partial charge in [0.05, 0.1) is 18.2 Å². The van der Waals surface area contributed by atoms with Gasteiger partial charge < -0.3 is 53.2 Å². The van der Waals surface area contributed by atoms with Gasteiger partial charge in [0, 0.05) is 56.1 Å². The molecule has 0 aliphatic rings. The lowest BCUT2D eigenvalue weighted by molar-refractivity contribution is -0.402. The number of aryl methyl sites for hydroxylation is 1. The van der Waals surface area contributed by atoms with Gasteiger partial charge in [0.1, 0.15) is 11.0 Å². The average Bonchev–Trinajstić information content (AvgIpc) is 3.89. The number of benzene rings is 1. The number of nitro groups is 1. The van der Waals surface area contributed by atoms with Gasteiger partial charge in [0.2, 0.25) is 29.5 Å². The van der Waals surface area contributed by atoms with E-state index in [-0.39, 0.29) is 23.5 Å². The van der Waals surface area contributed by atoms with Crippen molar-refractivity contribution in [3.05, 3.63) is 64.0 Å². The van der Waals surface area contributed by atoms with E-state index in [2.05, 4.69) is 37.6 Å². The highest BCUT2D eigenvalue weighted by molar-refractivity contribution is 5.91. The maximum Gasteiger partial charge on any atom is 0.433 e. The number of para-hydroxylation sites is 1. The highest BCUT2D eigenvalue weighted by Crippen LogP contribution is 2.19. The van der Waals surface area contributed by atoms with Crippen LogP contribution in [-0.2, 0) is 30.4 Å². The predicted molar refractivity (Wildman–Crippen MR) is 225 cm³/mol. The zero-order valence-corrected chi connectivity index (χ0v) is 34.3. The van der Waals surface area contributed by atoms with Gasteiger partial charge in [-0.3, -0.25) is 38.9 Å². The van der Waals surface area contributed by atoms with Crippen molar-refractivity contribution in [2.45, 2.75) is 121 Å². The van der Waals surface area contributed by atoms with Gasteiger partial charge in [0.25, 0.3) is 5.91 Å². The van der Waals surface area contributed by atoms with Gasteiger partial charge in [0.15, 0.2) is 5.76 Å². The van der Waals surface area contributed by atoms with E-state index >= 15 is 0 Å². The molecule has 6 amide bonds. The van der Waals surface area contributed by atoms with E-state index in [0.717, 1.165) is 24.4 Å². The Morgan fingerprint density at radius 2 is 1.27 bits per heavy atom. The van der Waals surface area contributed by atoms with E-state index in [9.17, 15) is 38.9 Å². The molecule has 0 saturated carbocycles. The number of primary amides is 1. The van der Waals surface area contributed by atoms with Crippen LogP contribution >= 0.6 is 0 Å². The van der Waals surface area contributed by atoms with Gasteiger partial charge in [-0.15, -0.1) is 0 Å². The van der Waals surface area contributed by atoms with Gasteiger partial charge >= 0.3 is 5.88 Å². The SMILES string of the molecule is NC(=O)C(CCCCNC(=O)CCCc1c[nH]c2ccccc12)NC(=O)C(N)CCCCNC(=O)C(N)CCCCNC(=O)CCCCCNC(=O)c1ccc([N+](=O)[O-])o1. The summed E-state index contributed by atoms with van der Waals surface area (Å²) in [5.41, 5.74) is 19.9. The van der Waals surface area contributed by atoms with Crippen molar-refractivity contribution in [1.29, 1.82) is 0 Å². The number of fused-ring (bicyclic) bond motifs is 1. The maximum atomic E-state index is 12.7. The molecule has 12 N–H and O–H groups in total. The van der Waals surface area contributed by atoms with Crippen molar-refractivity contribution in [1.82, 2.24) is 31.6 Å². The molecule has 1 aromatic carbocycles. The molecule has 3 unspecified atom stereocenters. The molecule has 19 heteroatoms. The van der Waals surface area contributed by atoms with Crippen LogP contribution in [0.15, 0.2) is 47.0 Å². The standard InChI is InChI=1S/C41H62N10O9/c42-30(15-5-9-23-45-35(52)19-2-1-8-25-48-41(57)34-21-22-37(60-34)51(58)59)39(55)47-26-10-6-16-31(43)40(56)50-33(38(44)54)18-7-11-24-46-36(53)20-12-13-28-27-49-32-17-4-3-14-29(28)32/h3-4,14,17,21-22,27,30-31,33,49H,1-2,5-13,15-16,18-20,23-26,42-43H2,(H2,44,54)(H,45,52)(H,46,53)(H,47,55)(H,48,57)(H,50,56). The largest absolute Gasteiger partial charge is 0.433 e. The molecular weight excluding hydrogens is 777 g/mol. The predicted octanol–water partition coefficient (Wildman–Crippen LogP) is 2.47. The molecule has 0 fully saturated rings. The molecule has 2 aromatic heterocycles. The molecular formula is C41H62N10O9. The van der Waals surface area contributed by atoms with Gasteiger partial charge in [-0.1, -0.05) is 24.6 Å². The van der Waals surface area contributed by atoms with Crippen molar-refractivity contribution < 1.29 is 38.1 Å². The van der Waals surface area contributed by atoms with Gasteiger partial charge in [-0.25, -0.2) is 0 Å². The van der Waals surface area contributed by atoms with Crippen LogP contribution in [0.3, 0.4) is 0 Å². The number of unbranched alkanes of at least 4 members (excludes halogenated alkanes) is 5. The lowest BCUT2D eigenvalue weighted by atomic mass is 10.1. The number of carbonyl (C=O) groups is 6. The van der Waals surface area contributed by atoms with Crippen LogP contribution in [0.25, 0.3) is 10.9 Å². The first-order valence-corrected chi connectivity index (χ1v) is 20.8. The first-order valence-electron chi connectivity index (χ1n) is 20.8. The molecule has 3 aromatic rings. The summed E-state index contributed by atoms with van der Waals surface area (Å²) in [6.45, 7) is 1.62. The number of aromatic amines is 1. The number of aromatic nitrogens is 1. The number of H-pyrrole nitrogens is 1. The first kappa shape index (κ1) is 48.5. The van der Waals surface area contributed by atoms with Crippen molar-refractivity contribution in [2.24, 2.45) is 17.2 Å². The Morgan fingerprint density at radius 3 is 1.92 bits per heavy atom. The monoisotopic (exact) mass is 838 g/mol. The Labute approximate surface area is 349 Å². The lowest BCUT2D eigenvalue weighted by Crippen LogP contribution is -2.50. The Hall–Kier alpha value is -5.82. The third kappa shape index (κ3) is 18.4. The quantitative estimate of drug-likeness (QED) is 0.0258. The fourth-order valence-electron chi connectivity index (χ4n) is 6.46. The second kappa shape index (κ2) is 27.0. The third-order valence-electron chi connectivity index (χ3n) is 9.97. The van der Waals surface area contributed by atoms with Crippen molar-refractivity contribution in [3.8, 4) is 0 Å². The van der Waals surface area contributed by atoms with Crippen LogP contribution < -0.4 is 43.8 Å². The lowest BCUT2D eigenvalue weighted by Gasteiger charge is -2.19. The summed E-state index contributed by atoms with van der Waals surface area (Å²) in [6, 6.07) is 8.00. The Kier molecular flexibility index (Phi) is 21.9. The highest BCUT2D eigenvalue weighted by Gasteiger charge is 2.22. The Morgan fingerprint density at radius 1 is 0.683 bits per heavy atom. The average molecular weight is 839 g/mol. The van der Waals surface area contributed by atoms with E-state index in [4.69, 9.17) is 21.6 Å². The van der Waals surface area contributed by atoms with Gasteiger partial charge in [-0.05, 0) is 101 Å². The molecule has 0 aliphatic carbocycles. The second-order valence-corrected chi connectivity index (χ2v) is 14.8. The summed E-state index contributed by atoms with van der Waals surface area (Å²) >= 11 is 0. The topological polar surface area (TPSA) is 313 Å². The summed E-state index contributed by atoms with van der Waals surface area (Å²) in [4.78, 5) is 86.6. The Bertz CT molecular complexity index is 1850. The van der Waals surface area contributed by atoms with E-state index < -0.39 is 46.7 Å². The number of hydrogen-bond acceptors (Lipinski definition) is 11. The van der Waals surface area contributed by atoms with Crippen LogP contribution in [0.1, 0.15) is 112 Å². The minimum Gasteiger partial charge on any atom is -0.395 e. The number of nitrogens with zero attached hydrogens (tertiary/aromatic N) is 1. The first-order chi connectivity index (χ1) is 28.8. The minimum absolute atomic E-state index is 0.0317. The molecule has 330 valence electrons. The normalized spacial score (nSPS) is 12.6. The van der Waals surface area contributed by atoms with E-state index in [1.165, 1.54) is 17.0 Å². The van der Waals surface area contributed by atoms with Crippen LogP contribution in [0, 0.1) is 10.1 Å². The van der Waals surface area contributed by atoms with Crippen molar-refractivity contribution in [3.63, 3.8) is 0 Å². The molecule has 2 heterocycles. The van der Waals surface area contributed by atoms with Gasteiger partial charge in [-0.2, -0.15) is 0 Å². The number of furan rings is 1. The van der Waals surface area contributed by atoms with E-state index in [1.54, 1.807) is 0 Å². The molecule has 0 saturated heterocycles. The zero-order valence-electron chi connectivity index (χ0n) is 34.3.